The number of aromatic nitrogens is 2. The number of rotatable bonds is 9. The molecule has 0 amide bonds. The van der Waals surface area contributed by atoms with Gasteiger partial charge in [0.2, 0.25) is 0 Å². The molecule has 4 rings (SSSR count). The van der Waals surface area contributed by atoms with Crippen molar-refractivity contribution >= 4 is 16.7 Å². The Morgan fingerprint density at radius 1 is 0.882 bits per heavy atom. The van der Waals surface area contributed by atoms with E-state index < -0.39 is 0 Å². The van der Waals surface area contributed by atoms with Gasteiger partial charge in [-0.05, 0) is 49.6 Å². The van der Waals surface area contributed by atoms with Crippen molar-refractivity contribution in [3.05, 3.63) is 72.1 Å². The average molecular weight is 458 g/mol. The van der Waals surface area contributed by atoms with Crippen LogP contribution in [0, 0.1) is 6.92 Å². The van der Waals surface area contributed by atoms with Crippen LogP contribution in [-0.4, -0.2) is 30.8 Å². The predicted molar refractivity (Wildman–Crippen MR) is 137 cm³/mol. The Bertz CT molecular complexity index is 1290. The molecule has 1 N–H and O–H groups in total. The lowest BCUT2D eigenvalue weighted by Gasteiger charge is -2.19. The molecule has 0 radical (unpaired) electrons. The first-order valence-corrected chi connectivity index (χ1v) is 11.5. The molecule has 0 aliphatic rings. The van der Waals surface area contributed by atoms with E-state index in [1.54, 1.807) is 14.2 Å². The fourth-order valence-corrected chi connectivity index (χ4v) is 3.99. The summed E-state index contributed by atoms with van der Waals surface area (Å²) in [6.07, 6.45) is 0.971. The highest BCUT2D eigenvalue weighted by molar-refractivity contribution is 5.92. The molecule has 1 aromatic heterocycles. The van der Waals surface area contributed by atoms with E-state index >= 15 is 0 Å². The number of nitrogens with one attached hydrogen (secondary N) is 1. The molecule has 0 saturated heterocycles. The standard InChI is InChI=1S/C28H31N3O3/c1-6-14-34-25-13-8-7-12-22(25)21-11-9-10-20(15-21)18(2)29-28-23-16-26(32-4)27(33-5)17-24(23)30-19(3)31-28/h7-13,15-18H,6,14H2,1-5H3,(H,29,30,31)/t18-/m1/s1. The molecule has 0 bridgehead atoms. The number of para-hydroxylation sites is 1. The van der Waals surface area contributed by atoms with E-state index in [2.05, 4.69) is 59.5 Å². The second kappa shape index (κ2) is 10.4. The van der Waals surface area contributed by atoms with Gasteiger partial charge in [-0.3, -0.25) is 0 Å². The lowest BCUT2D eigenvalue weighted by Crippen LogP contribution is -2.10. The highest BCUT2D eigenvalue weighted by Gasteiger charge is 2.15. The van der Waals surface area contributed by atoms with E-state index in [1.165, 1.54) is 0 Å². The minimum atomic E-state index is 0.00858. The Labute approximate surface area is 200 Å². The van der Waals surface area contributed by atoms with E-state index in [9.17, 15) is 0 Å². The molecule has 4 aromatic rings. The van der Waals surface area contributed by atoms with Gasteiger partial charge in [-0.25, -0.2) is 9.97 Å². The summed E-state index contributed by atoms with van der Waals surface area (Å²) >= 11 is 0. The van der Waals surface area contributed by atoms with E-state index in [0.717, 1.165) is 45.6 Å². The van der Waals surface area contributed by atoms with Crippen LogP contribution in [0.25, 0.3) is 22.0 Å². The van der Waals surface area contributed by atoms with Gasteiger partial charge < -0.3 is 19.5 Å². The number of anilines is 1. The highest BCUT2D eigenvalue weighted by atomic mass is 16.5. The van der Waals surface area contributed by atoms with Crippen molar-refractivity contribution in [2.75, 3.05) is 26.1 Å². The van der Waals surface area contributed by atoms with Gasteiger partial charge in [0.25, 0.3) is 0 Å². The molecule has 0 fully saturated rings. The Hall–Kier alpha value is -3.80. The van der Waals surface area contributed by atoms with E-state index in [1.807, 2.05) is 37.3 Å². The zero-order valence-corrected chi connectivity index (χ0v) is 20.4. The minimum Gasteiger partial charge on any atom is -0.493 e. The van der Waals surface area contributed by atoms with Crippen molar-refractivity contribution < 1.29 is 14.2 Å². The summed E-state index contributed by atoms with van der Waals surface area (Å²) in [5.74, 6) is 3.63. The Morgan fingerprint density at radius 2 is 1.65 bits per heavy atom. The van der Waals surface area contributed by atoms with Crippen molar-refractivity contribution in [2.45, 2.75) is 33.2 Å². The summed E-state index contributed by atoms with van der Waals surface area (Å²) in [5, 5.41) is 4.46. The zero-order chi connectivity index (χ0) is 24.1. The third-order valence-corrected chi connectivity index (χ3v) is 5.71. The summed E-state index contributed by atoms with van der Waals surface area (Å²) in [6.45, 7) is 6.83. The van der Waals surface area contributed by atoms with E-state index in [-0.39, 0.29) is 6.04 Å². The van der Waals surface area contributed by atoms with Gasteiger partial charge in [-0.2, -0.15) is 0 Å². The molecule has 0 saturated carbocycles. The summed E-state index contributed by atoms with van der Waals surface area (Å²) in [5.41, 5.74) is 4.15. The largest absolute Gasteiger partial charge is 0.493 e. The van der Waals surface area contributed by atoms with E-state index in [4.69, 9.17) is 14.2 Å². The second-order valence-electron chi connectivity index (χ2n) is 8.18. The van der Waals surface area contributed by atoms with Crippen LogP contribution in [0.1, 0.15) is 37.7 Å². The summed E-state index contributed by atoms with van der Waals surface area (Å²) in [4.78, 5) is 9.28. The molecular weight excluding hydrogens is 426 g/mol. The second-order valence-corrected chi connectivity index (χ2v) is 8.18. The Morgan fingerprint density at radius 3 is 2.41 bits per heavy atom. The SMILES string of the molecule is CCCOc1ccccc1-c1cccc([C@@H](C)Nc2nc(C)nc3cc(OC)c(OC)cc23)c1. The topological polar surface area (TPSA) is 65.5 Å². The number of aryl methyl sites for hydroxylation is 1. The Balaban J connectivity index is 1.67. The van der Waals surface area contributed by atoms with Crippen LogP contribution < -0.4 is 19.5 Å². The van der Waals surface area contributed by atoms with Crippen molar-refractivity contribution in [2.24, 2.45) is 0 Å². The molecule has 3 aromatic carbocycles. The quantitative estimate of drug-likeness (QED) is 0.306. The monoisotopic (exact) mass is 457 g/mol. The lowest BCUT2D eigenvalue weighted by molar-refractivity contribution is 0.318. The van der Waals surface area contributed by atoms with Crippen LogP contribution in [0.15, 0.2) is 60.7 Å². The van der Waals surface area contributed by atoms with Gasteiger partial charge in [0.15, 0.2) is 11.5 Å². The fourth-order valence-electron chi connectivity index (χ4n) is 3.99. The number of nitrogens with zero attached hydrogens (tertiary/aromatic N) is 2. The van der Waals surface area contributed by atoms with Crippen LogP contribution in [-0.2, 0) is 0 Å². The lowest BCUT2D eigenvalue weighted by atomic mass is 9.99. The first kappa shape index (κ1) is 23.4. The summed E-state index contributed by atoms with van der Waals surface area (Å²) < 4.78 is 16.9. The minimum absolute atomic E-state index is 0.00858. The number of fused-ring (bicyclic) bond motifs is 1. The van der Waals surface area contributed by atoms with Crippen molar-refractivity contribution in [1.82, 2.24) is 9.97 Å². The average Bonchev–Trinajstić information content (AvgIpc) is 2.86. The smallest absolute Gasteiger partial charge is 0.162 e. The maximum absolute atomic E-state index is 5.98. The van der Waals surface area contributed by atoms with Crippen LogP contribution in [0.4, 0.5) is 5.82 Å². The third-order valence-electron chi connectivity index (χ3n) is 5.71. The van der Waals surface area contributed by atoms with Gasteiger partial charge in [-0.1, -0.05) is 43.3 Å². The van der Waals surface area contributed by atoms with Crippen molar-refractivity contribution in [3.8, 4) is 28.4 Å². The van der Waals surface area contributed by atoms with Gasteiger partial charge in [0.05, 0.1) is 26.3 Å². The molecule has 0 spiro atoms. The first-order chi connectivity index (χ1) is 16.5. The fraction of sp³-hybridized carbons (Fsp3) is 0.286. The van der Waals surface area contributed by atoms with Gasteiger partial charge in [0, 0.05) is 23.1 Å². The highest BCUT2D eigenvalue weighted by Crippen LogP contribution is 2.36. The number of methoxy groups -OCH3 is 2. The van der Waals surface area contributed by atoms with Crippen molar-refractivity contribution in [3.63, 3.8) is 0 Å². The van der Waals surface area contributed by atoms with Crippen LogP contribution in [0.3, 0.4) is 0 Å². The van der Waals surface area contributed by atoms with E-state index in [0.29, 0.717) is 23.9 Å². The van der Waals surface area contributed by atoms with Gasteiger partial charge >= 0.3 is 0 Å². The normalized spacial score (nSPS) is 11.8. The van der Waals surface area contributed by atoms with Crippen LogP contribution >= 0.6 is 0 Å². The number of hydrogen-bond donors (Lipinski definition) is 1. The summed E-state index contributed by atoms with van der Waals surface area (Å²) in [7, 11) is 3.25. The van der Waals surface area contributed by atoms with Crippen LogP contribution in [0.2, 0.25) is 0 Å². The molecule has 1 atom stereocenters. The predicted octanol–water partition coefficient (Wildman–Crippen LogP) is 6.58. The first-order valence-electron chi connectivity index (χ1n) is 11.5. The number of benzene rings is 3. The molecular formula is C28H31N3O3. The van der Waals surface area contributed by atoms with Crippen molar-refractivity contribution in [1.29, 1.82) is 0 Å². The Kier molecular flexibility index (Phi) is 7.16. The molecule has 0 unspecified atom stereocenters. The van der Waals surface area contributed by atoms with Gasteiger partial charge in [0.1, 0.15) is 17.4 Å². The van der Waals surface area contributed by atoms with Crippen LogP contribution in [0.5, 0.6) is 17.2 Å². The molecule has 0 aliphatic heterocycles. The maximum atomic E-state index is 5.98. The summed E-state index contributed by atoms with van der Waals surface area (Å²) in [6, 6.07) is 20.5. The maximum Gasteiger partial charge on any atom is 0.162 e. The third kappa shape index (κ3) is 4.91. The molecule has 34 heavy (non-hydrogen) atoms. The molecule has 6 nitrogen and oxygen atoms in total. The number of hydrogen-bond acceptors (Lipinski definition) is 6. The molecule has 176 valence electrons. The van der Waals surface area contributed by atoms with Gasteiger partial charge in [-0.15, -0.1) is 0 Å². The molecule has 0 aliphatic carbocycles. The zero-order valence-electron chi connectivity index (χ0n) is 20.4. The molecule has 1 heterocycles. The number of ether oxygens (including phenoxy) is 3. The molecule has 6 heteroatoms.